The van der Waals surface area contributed by atoms with E-state index in [0.717, 1.165) is 0 Å². The Hall–Kier alpha value is -3.17. The van der Waals surface area contributed by atoms with Gasteiger partial charge in [-0.1, -0.05) is 19.1 Å². The highest BCUT2D eigenvalue weighted by molar-refractivity contribution is 6.03. The van der Waals surface area contributed by atoms with E-state index in [1.165, 1.54) is 0 Å². The number of fused-ring (bicyclic) bond motifs is 1. The second-order valence-electron chi connectivity index (χ2n) is 11.5. The Kier molecular flexibility index (Phi) is 9.29. The van der Waals surface area contributed by atoms with Crippen molar-refractivity contribution in [2.45, 2.75) is 76.7 Å². The van der Waals surface area contributed by atoms with Crippen molar-refractivity contribution in [2.75, 3.05) is 37.7 Å². The second kappa shape index (κ2) is 12.4. The lowest BCUT2D eigenvalue weighted by molar-refractivity contribution is -0.153. The lowest BCUT2D eigenvalue weighted by Crippen LogP contribution is -2.57. The molecule has 0 aromatic heterocycles. The zero-order chi connectivity index (χ0) is 29.9. The number of ether oxygens (including phenoxy) is 2. The first-order valence-electron chi connectivity index (χ1n) is 14.8. The number of likely N-dealkylation sites (tertiary alicyclic amines) is 1. The Morgan fingerprint density at radius 1 is 1.15 bits per heavy atom. The number of benzene rings is 1. The number of aliphatic hydroxyl groups excluding tert-OH is 1. The van der Waals surface area contributed by atoms with Gasteiger partial charge < -0.3 is 29.3 Å². The maximum absolute atomic E-state index is 14.6. The number of amides is 3. The molecule has 4 rings (SSSR count). The highest BCUT2D eigenvalue weighted by Crippen LogP contribution is 2.64. The van der Waals surface area contributed by atoms with Crippen molar-refractivity contribution in [3.63, 3.8) is 0 Å². The molecule has 5 atom stereocenters. The van der Waals surface area contributed by atoms with Gasteiger partial charge in [0.25, 0.3) is 0 Å². The molecule has 1 N–H and O–H groups in total. The van der Waals surface area contributed by atoms with Gasteiger partial charge in [-0.05, 0) is 70.7 Å². The van der Waals surface area contributed by atoms with E-state index in [0.29, 0.717) is 50.3 Å². The summed E-state index contributed by atoms with van der Waals surface area (Å²) in [6.07, 6.45) is 5.31. The summed E-state index contributed by atoms with van der Waals surface area (Å²) < 4.78 is 12.5. The zero-order valence-corrected chi connectivity index (χ0v) is 24.9. The van der Waals surface area contributed by atoms with Crippen molar-refractivity contribution in [1.82, 2.24) is 9.80 Å². The van der Waals surface area contributed by atoms with Crippen LogP contribution in [0, 0.1) is 11.8 Å². The summed E-state index contributed by atoms with van der Waals surface area (Å²) in [6.45, 7) is 16.7. The minimum atomic E-state index is -1.12. The number of hydrogen-bond donors (Lipinski definition) is 1. The largest absolute Gasteiger partial charge is 0.494 e. The molecule has 3 aliphatic rings. The van der Waals surface area contributed by atoms with Gasteiger partial charge in [0.05, 0.1) is 24.0 Å². The number of carbonyl (C=O) groups is 3. The molecule has 3 aliphatic heterocycles. The summed E-state index contributed by atoms with van der Waals surface area (Å²) >= 11 is 0. The Balaban J connectivity index is 1.79. The van der Waals surface area contributed by atoms with Crippen molar-refractivity contribution in [3.8, 4) is 5.75 Å². The molecule has 0 saturated carbocycles. The van der Waals surface area contributed by atoms with Crippen LogP contribution in [0.3, 0.4) is 0 Å². The van der Waals surface area contributed by atoms with E-state index in [-0.39, 0.29) is 43.5 Å². The third-order valence-electron chi connectivity index (χ3n) is 9.01. The smallest absolute Gasteiger partial charge is 0.248 e. The molecule has 3 saturated heterocycles. The predicted molar refractivity (Wildman–Crippen MR) is 157 cm³/mol. The minimum absolute atomic E-state index is 0.115. The number of hydrogen-bond acceptors (Lipinski definition) is 6. The number of anilines is 1. The van der Waals surface area contributed by atoms with Crippen LogP contribution in [0.25, 0.3) is 0 Å². The second-order valence-corrected chi connectivity index (χ2v) is 11.5. The first-order chi connectivity index (χ1) is 19.7. The van der Waals surface area contributed by atoms with Crippen LogP contribution in [0.4, 0.5) is 5.69 Å². The summed E-state index contributed by atoms with van der Waals surface area (Å²) in [7, 11) is 0. The topological polar surface area (TPSA) is 99.6 Å². The molecule has 1 aromatic rings. The van der Waals surface area contributed by atoms with Gasteiger partial charge in [-0.25, -0.2) is 0 Å². The SMILES string of the molecule is C=CCN(C(=O)[C@@H]1[C@H]2C(=O)N(CCCO)C(C(=O)N(CC=C)C(C)C)C23CC[C@@]1(CC)O3)c1ccc(OCC)cc1. The van der Waals surface area contributed by atoms with Crippen molar-refractivity contribution in [2.24, 2.45) is 11.8 Å². The molecule has 1 aromatic carbocycles. The van der Waals surface area contributed by atoms with E-state index in [1.807, 2.05) is 52.0 Å². The number of nitrogens with zero attached hydrogens (tertiary/aromatic N) is 3. The fourth-order valence-electron chi connectivity index (χ4n) is 7.21. The van der Waals surface area contributed by atoms with Crippen LogP contribution in [0.1, 0.15) is 53.4 Å². The van der Waals surface area contributed by atoms with Gasteiger partial charge in [-0.15, -0.1) is 13.2 Å². The molecule has 1 spiro atoms. The average Bonchev–Trinajstić information content (AvgIpc) is 3.56. The van der Waals surface area contributed by atoms with Gasteiger partial charge in [0.1, 0.15) is 17.4 Å². The normalized spacial score (nSPS) is 28.1. The van der Waals surface area contributed by atoms with E-state index >= 15 is 0 Å². The number of carbonyl (C=O) groups excluding carboxylic acids is 3. The Morgan fingerprint density at radius 2 is 1.83 bits per heavy atom. The van der Waals surface area contributed by atoms with Crippen molar-refractivity contribution in [3.05, 3.63) is 49.6 Å². The molecule has 9 heteroatoms. The number of aliphatic hydroxyl groups is 1. The van der Waals surface area contributed by atoms with Crippen molar-refractivity contribution >= 4 is 23.4 Å². The molecule has 2 bridgehead atoms. The molecule has 2 unspecified atom stereocenters. The molecule has 9 nitrogen and oxygen atoms in total. The van der Waals surface area contributed by atoms with Crippen molar-refractivity contribution in [1.29, 1.82) is 0 Å². The Morgan fingerprint density at radius 3 is 2.39 bits per heavy atom. The lowest BCUT2D eigenvalue weighted by Gasteiger charge is -2.38. The first kappa shape index (κ1) is 30.8. The Labute approximate surface area is 243 Å². The van der Waals surface area contributed by atoms with E-state index in [2.05, 4.69) is 13.2 Å². The third-order valence-corrected chi connectivity index (χ3v) is 9.01. The summed E-state index contributed by atoms with van der Waals surface area (Å²) in [6, 6.07) is 6.32. The van der Waals surface area contributed by atoms with E-state index in [9.17, 15) is 19.5 Å². The molecule has 0 radical (unpaired) electrons. The van der Waals surface area contributed by atoms with Crippen LogP contribution >= 0.6 is 0 Å². The summed E-state index contributed by atoms with van der Waals surface area (Å²) in [5.41, 5.74) is -1.30. The van der Waals surface area contributed by atoms with Gasteiger partial charge in [0.15, 0.2) is 0 Å². The maximum atomic E-state index is 14.6. The van der Waals surface area contributed by atoms with E-state index in [4.69, 9.17) is 9.47 Å². The molecule has 3 amide bonds. The fraction of sp³-hybridized carbons (Fsp3) is 0.594. The van der Waals surface area contributed by atoms with Crippen LogP contribution < -0.4 is 9.64 Å². The van der Waals surface area contributed by atoms with Crippen LogP contribution in [0.5, 0.6) is 5.75 Å². The third kappa shape index (κ3) is 5.07. The minimum Gasteiger partial charge on any atom is -0.494 e. The van der Waals surface area contributed by atoms with Gasteiger partial charge in [-0.2, -0.15) is 0 Å². The van der Waals surface area contributed by atoms with Gasteiger partial charge in [0.2, 0.25) is 17.7 Å². The van der Waals surface area contributed by atoms with Gasteiger partial charge in [0, 0.05) is 38.0 Å². The van der Waals surface area contributed by atoms with Crippen LogP contribution in [-0.2, 0) is 19.1 Å². The summed E-state index contributed by atoms with van der Waals surface area (Å²) in [5, 5.41) is 9.63. The summed E-state index contributed by atoms with van der Waals surface area (Å²) in [5.74, 6) is -1.53. The highest BCUT2D eigenvalue weighted by atomic mass is 16.5. The molecule has 224 valence electrons. The molecule has 41 heavy (non-hydrogen) atoms. The van der Waals surface area contributed by atoms with E-state index in [1.54, 1.807) is 26.9 Å². The molecule has 3 heterocycles. The van der Waals surface area contributed by atoms with Crippen LogP contribution in [0.15, 0.2) is 49.6 Å². The predicted octanol–water partition coefficient (Wildman–Crippen LogP) is 3.56. The molecule has 0 aliphatic carbocycles. The van der Waals surface area contributed by atoms with Crippen LogP contribution in [0.2, 0.25) is 0 Å². The lowest BCUT2D eigenvalue weighted by atomic mass is 9.64. The fourth-order valence-corrected chi connectivity index (χ4v) is 7.21. The van der Waals surface area contributed by atoms with Gasteiger partial charge >= 0.3 is 0 Å². The highest BCUT2D eigenvalue weighted by Gasteiger charge is 2.79. The zero-order valence-electron chi connectivity index (χ0n) is 24.9. The van der Waals surface area contributed by atoms with Gasteiger partial charge in [-0.3, -0.25) is 14.4 Å². The Bertz CT molecular complexity index is 1150. The van der Waals surface area contributed by atoms with Crippen molar-refractivity contribution < 1.29 is 29.0 Å². The molecule has 3 fully saturated rings. The summed E-state index contributed by atoms with van der Waals surface area (Å²) in [4.78, 5) is 48.1. The average molecular weight is 568 g/mol. The first-order valence-corrected chi connectivity index (χ1v) is 14.8. The number of rotatable bonds is 14. The maximum Gasteiger partial charge on any atom is 0.248 e. The standard InChI is InChI=1S/C32H45N3O6/c1-7-18-33(22(5)6)30(39)27-32-17-16-31(9-3,41-32)25(26(32)29(38)35(27)20-11-21-36)28(37)34(19-8-2)23-12-14-24(15-13-23)40-10-4/h7-8,12-15,22,25-27,36H,1-2,9-11,16-21H2,3-6H3/t25-,26-,27?,31+,32?/m0/s1. The quantitative estimate of drug-likeness (QED) is 0.345. The monoisotopic (exact) mass is 567 g/mol. The van der Waals surface area contributed by atoms with E-state index < -0.39 is 29.1 Å². The molecular weight excluding hydrogens is 522 g/mol. The van der Waals surface area contributed by atoms with Crippen LogP contribution in [-0.4, -0.2) is 88.8 Å². The molecular formula is C32H45N3O6.